The monoisotopic (exact) mass is 263 g/mol. The van der Waals surface area contributed by atoms with Crippen molar-refractivity contribution < 1.29 is 4.92 Å². The molecule has 1 heterocycles. The number of aryl methyl sites for hydroxylation is 1. The summed E-state index contributed by atoms with van der Waals surface area (Å²) in [7, 11) is 0. The molecular formula is C14H21N3O2. The van der Waals surface area contributed by atoms with E-state index < -0.39 is 0 Å². The number of nitro groups is 1. The second-order valence-electron chi connectivity index (χ2n) is 5.58. The lowest BCUT2D eigenvalue weighted by Gasteiger charge is -2.26. The van der Waals surface area contributed by atoms with Crippen molar-refractivity contribution in [2.24, 2.45) is 11.8 Å². The lowest BCUT2D eigenvalue weighted by Crippen LogP contribution is -2.21. The van der Waals surface area contributed by atoms with E-state index in [9.17, 15) is 10.1 Å². The second-order valence-corrected chi connectivity index (χ2v) is 5.58. The molecule has 0 aromatic carbocycles. The molecule has 0 unspecified atom stereocenters. The van der Waals surface area contributed by atoms with Gasteiger partial charge in [0.1, 0.15) is 0 Å². The number of hydrogen-bond acceptors (Lipinski definition) is 4. The molecule has 0 spiro atoms. The summed E-state index contributed by atoms with van der Waals surface area (Å²) in [5.41, 5.74) is 0.861. The fourth-order valence-electron chi connectivity index (χ4n) is 2.60. The molecule has 0 bridgehead atoms. The number of nitrogens with one attached hydrogen (secondary N) is 1. The van der Waals surface area contributed by atoms with Crippen LogP contribution in [0.3, 0.4) is 0 Å². The third-order valence-corrected chi connectivity index (χ3v) is 3.90. The van der Waals surface area contributed by atoms with Crippen LogP contribution in [0.2, 0.25) is 0 Å². The van der Waals surface area contributed by atoms with Crippen molar-refractivity contribution in [1.82, 2.24) is 4.98 Å². The van der Waals surface area contributed by atoms with Crippen LogP contribution in [-0.2, 0) is 0 Å². The smallest absolute Gasteiger partial charge is 0.311 e. The van der Waals surface area contributed by atoms with Crippen LogP contribution < -0.4 is 5.32 Å². The first kappa shape index (κ1) is 13.8. The summed E-state index contributed by atoms with van der Waals surface area (Å²) in [4.78, 5) is 14.8. The maximum absolute atomic E-state index is 11.0. The summed E-state index contributed by atoms with van der Waals surface area (Å²) in [6.45, 7) is 4.91. The molecule has 1 fully saturated rings. The minimum atomic E-state index is -0.377. The van der Waals surface area contributed by atoms with E-state index in [-0.39, 0.29) is 10.6 Å². The Balaban J connectivity index is 1.98. The van der Waals surface area contributed by atoms with Crippen LogP contribution in [-0.4, -0.2) is 16.5 Å². The van der Waals surface area contributed by atoms with E-state index in [2.05, 4.69) is 17.2 Å². The van der Waals surface area contributed by atoms with Gasteiger partial charge in [0.2, 0.25) is 5.82 Å². The van der Waals surface area contributed by atoms with Crippen LogP contribution in [0.5, 0.6) is 0 Å². The van der Waals surface area contributed by atoms with Gasteiger partial charge in [-0.1, -0.05) is 19.8 Å². The van der Waals surface area contributed by atoms with Crippen molar-refractivity contribution >= 4 is 11.5 Å². The van der Waals surface area contributed by atoms with E-state index in [4.69, 9.17) is 0 Å². The highest BCUT2D eigenvalue weighted by Gasteiger charge is 2.20. The second kappa shape index (κ2) is 5.99. The Labute approximate surface area is 113 Å². The Morgan fingerprint density at radius 2 is 2.05 bits per heavy atom. The molecule has 1 aliphatic rings. The van der Waals surface area contributed by atoms with Gasteiger partial charge in [0.05, 0.1) is 4.92 Å². The molecule has 0 atom stereocenters. The number of pyridine rings is 1. The van der Waals surface area contributed by atoms with Gasteiger partial charge in [-0.3, -0.25) is 10.1 Å². The molecule has 0 saturated heterocycles. The Hall–Kier alpha value is -1.65. The summed E-state index contributed by atoms with van der Waals surface area (Å²) < 4.78 is 0. The lowest BCUT2D eigenvalue weighted by atomic mass is 9.83. The molecule has 5 nitrogen and oxygen atoms in total. The van der Waals surface area contributed by atoms with Crippen LogP contribution in [0, 0.1) is 28.9 Å². The number of nitrogens with zero attached hydrogens (tertiary/aromatic N) is 2. The van der Waals surface area contributed by atoms with Crippen molar-refractivity contribution in [2.45, 2.75) is 39.5 Å². The maximum Gasteiger partial charge on any atom is 0.311 e. The van der Waals surface area contributed by atoms with Crippen LogP contribution in [0.4, 0.5) is 11.5 Å². The zero-order valence-corrected chi connectivity index (χ0v) is 11.6. The van der Waals surface area contributed by atoms with Gasteiger partial charge in [-0.25, -0.2) is 4.98 Å². The van der Waals surface area contributed by atoms with E-state index in [1.807, 2.05) is 6.92 Å². The molecule has 0 amide bonds. The third-order valence-electron chi connectivity index (χ3n) is 3.90. The molecule has 0 radical (unpaired) electrons. The van der Waals surface area contributed by atoms with Crippen LogP contribution in [0.25, 0.3) is 0 Å². The van der Waals surface area contributed by atoms with E-state index in [0.29, 0.717) is 11.7 Å². The number of hydrogen-bond donors (Lipinski definition) is 1. The summed E-state index contributed by atoms with van der Waals surface area (Å²) >= 11 is 0. The summed E-state index contributed by atoms with van der Waals surface area (Å²) in [6, 6.07) is 3.19. The van der Waals surface area contributed by atoms with Gasteiger partial charge in [-0.2, -0.15) is 0 Å². The highest BCUT2D eigenvalue weighted by molar-refractivity contribution is 5.56. The molecule has 1 aliphatic carbocycles. The Bertz CT molecular complexity index is 454. The SMILES string of the molecule is Cc1ccc([N+](=O)[O-])c(NCC2CCC(C)CC2)n1. The molecule has 104 valence electrons. The first-order valence-corrected chi connectivity index (χ1v) is 6.92. The molecule has 5 heteroatoms. The van der Waals surface area contributed by atoms with Crippen molar-refractivity contribution in [2.75, 3.05) is 11.9 Å². The van der Waals surface area contributed by atoms with E-state index in [1.54, 1.807) is 6.07 Å². The number of rotatable bonds is 4. The molecule has 1 N–H and O–H groups in total. The van der Waals surface area contributed by atoms with Gasteiger partial charge in [-0.15, -0.1) is 0 Å². The predicted molar refractivity (Wildman–Crippen MR) is 75.2 cm³/mol. The standard InChI is InChI=1S/C14H21N3O2/c1-10-3-6-12(7-4-10)9-15-14-13(17(18)19)8-5-11(2)16-14/h5,8,10,12H,3-4,6-7,9H2,1-2H3,(H,15,16). The Morgan fingerprint density at radius 3 is 2.68 bits per heavy atom. The highest BCUT2D eigenvalue weighted by atomic mass is 16.6. The highest BCUT2D eigenvalue weighted by Crippen LogP contribution is 2.29. The molecule has 19 heavy (non-hydrogen) atoms. The van der Waals surface area contributed by atoms with Crippen LogP contribution in [0.1, 0.15) is 38.3 Å². The van der Waals surface area contributed by atoms with Crippen molar-refractivity contribution in [3.63, 3.8) is 0 Å². The molecule has 0 aliphatic heterocycles. The van der Waals surface area contributed by atoms with Crippen molar-refractivity contribution in [3.05, 3.63) is 27.9 Å². The fourth-order valence-corrected chi connectivity index (χ4v) is 2.60. The minimum absolute atomic E-state index is 0.0646. The fraction of sp³-hybridized carbons (Fsp3) is 0.643. The normalized spacial score (nSPS) is 23.1. The molecular weight excluding hydrogens is 242 g/mol. The first-order chi connectivity index (χ1) is 9.06. The Kier molecular flexibility index (Phi) is 4.35. The largest absolute Gasteiger partial charge is 0.364 e. The average Bonchev–Trinajstić information content (AvgIpc) is 2.38. The predicted octanol–water partition coefficient (Wildman–Crippen LogP) is 3.54. The first-order valence-electron chi connectivity index (χ1n) is 6.92. The van der Waals surface area contributed by atoms with Crippen LogP contribution in [0.15, 0.2) is 12.1 Å². The van der Waals surface area contributed by atoms with E-state index in [1.165, 1.54) is 31.7 Å². The number of aromatic nitrogens is 1. The van der Waals surface area contributed by atoms with E-state index >= 15 is 0 Å². The van der Waals surface area contributed by atoms with Crippen molar-refractivity contribution in [3.8, 4) is 0 Å². The van der Waals surface area contributed by atoms with E-state index in [0.717, 1.165) is 18.2 Å². The zero-order valence-electron chi connectivity index (χ0n) is 11.6. The maximum atomic E-state index is 11.0. The van der Waals surface area contributed by atoms with Gasteiger partial charge >= 0.3 is 5.69 Å². The molecule has 1 aromatic heterocycles. The van der Waals surface area contributed by atoms with Crippen LogP contribution >= 0.6 is 0 Å². The number of anilines is 1. The third kappa shape index (κ3) is 3.66. The van der Waals surface area contributed by atoms with Gasteiger partial charge in [-0.05, 0) is 37.7 Å². The zero-order chi connectivity index (χ0) is 13.8. The molecule has 2 rings (SSSR count). The topological polar surface area (TPSA) is 68.1 Å². The summed E-state index contributed by atoms with van der Waals surface area (Å²) in [6.07, 6.45) is 4.92. The summed E-state index contributed by atoms with van der Waals surface area (Å²) in [5.74, 6) is 1.84. The minimum Gasteiger partial charge on any atom is -0.364 e. The quantitative estimate of drug-likeness (QED) is 0.666. The van der Waals surface area contributed by atoms with Gasteiger partial charge < -0.3 is 5.32 Å². The van der Waals surface area contributed by atoms with Gasteiger partial charge in [0.15, 0.2) is 0 Å². The lowest BCUT2D eigenvalue weighted by molar-refractivity contribution is -0.384. The molecule has 1 saturated carbocycles. The molecule has 1 aromatic rings. The van der Waals surface area contributed by atoms with Gasteiger partial charge in [0.25, 0.3) is 0 Å². The van der Waals surface area contributed by atoms with Gasteiger partial charge in [0, 0.05) is 18.3 Å². The Morgan fingerprint density at radius 1 is 1.37 bits per heavy atom. The summed E-state index contributed by atoms with van der Waals surface area (Å²) in [5, 5.41) is 14.1. The average molecular weight is 263 g/mol. The van der Waals surface area contributed by atoms with Crippen molar-refractivity contribution in [1.29, 1.82) is 0 Å².